The van der Waals surface area contributed by atoms with Crippen LogP contribution in [0.3, 0.4) is 0 Å². The molecule has 3 rings (SSSR count). The molecule has 5 nitrogen and oxygen atoms in total. The molecule has 18 heavy (non-hydrogen) atoms. The lowest BCUT2D eigenvalue weighted by Gasteiger charge is -2.13. The molecule has 0 atom stereocenters. The van der Waals surface area contributed by atoms with E-state index < -0.39 is 0 Å². The van der Waals surface area contributed by atoms with Crippen molar-refractivity contribution in [3.63, 3.8) is 0 Å². The largest absolute Gasteiger partial charge is 0.292 e. The summed E-state index contributed by atoms with van der Waals surface area (Å²) >= 11 is 0. The molecule has 2 amide bonds. The molecular formula is C13H11N3O2. The third-order valence-corrected chi connectivity index (χ3v) is 2.34. The van der Waals surface area contributed by atoms with Gasteiger partial charge in [0.2, 0.25) is 5.91 Å². The smallest absolute Gasteiger partial charge is 0.258 e. The van der Waals surface area contributed by atoms with Gasteiger partial charge in [0.25, 0.3) is 5.91 Å². The number of carbonyl (C=O) groups is 2. The van der Waals surface area contributed by atoms with E-state index in [1.54, 1.807) is 36.7 Å². The van der Waals surface area contributed by atoms with Crippen LogP contribution in [-0.2, 0) is 11.2 Å². The van der Waals surface area contributed by atoms with E-state index in [0.717, 1.165) is 5.56 Å². The maximum absolute atomic E-state index is 11.2. The van der Waals surface area contributed by atoms with Crippen molar-refractivity contribution in [2.45, 2.75) is 6.42 Å². The predicted octanol–water partition coefficient (Wildman–Crippen LogP) is 0.976. The van der Waals surface area contributed by atoms with Gasteiger partial charge in [-0.3, -0.25) is 14.9 Å². The first-order valence-corrected chi connectivity index (χ1v) is 5.39. The van der Waals surface area contributed by atoms with Crippen LogP contribution in [-0.4, -0.2) is 21.8 Å². The summed E-state index contributed by atoms with van der Waals surface area (Å²) in [6.07, 6.45) is 5.18. The van der Waals surface area contributed by atoms with Crippen molar-refractivity contribution in [1.82, 2.24) is 15.3 Å². The Morgan fingerprint density at radius 1 is 1.00 bits per heavy atom. The number of fused-ring (bicyclic) bond motifs is 1. The highest BCUT2D eigenvalue weighted by Crippen LogP contribution is 2.12. The van der Waals surface area contributed by atoms with Gasteiger partial charge >= 0.3 is 0 Å². The van der Waals surface area contributed by atoms with Crippen molar-refractivity contribution >= 4 is 11.8 Å². The lowest BCUT2D eigenvalue weighted by molar-refractivity contribution is -0.119. The monoisotopic (exact) mass is 241 g/mol. The van der Waals surface area contributed by atoms with Crippen LogP contribution < -0.4 is 5.32 Å². The third-order valence-electron chi connectivity index (χ3n) is 2.34. The molecule has 0 unspecified atom stereocenters. The SMILES string of the molecule is O=C1Cc2ccccc2C(=O)N1.c1cncnc1. The van der Waals surface area contributed by atoms with Gasteiger partial charge in [-0.1, -0.05) is 18.2 Å². The number of nitrogens with one attached hydrogen (secondary N) is 1. The Kier molecular flexibility index (Phi) is 3.76. The third kappa shape index (κ3) is 2.98. The highest BCUT2D eigenvalue weighted by Gasteiger charge is 2.20. The van der Waals surface area contributed by atoms with E-state index in [9.17, 15) is 9.59 Å². The van der Waals surface area contributed by atoms with Gasteiger partial charge in [0, 0.05) is 18.0 Å². The minimum Gasteiger partial charge on any atom is -0.292 e. The molecule has 0 saturated carbocycles. The Hall–Kier alpha value is -2.56. The molecule has 0 aliphatic carbocycles. The average molecular weight is 241 g/mol. The van der Waals surface area contributed by atoms with Crippen molar-refractivity contribution in [3.8, 4) is 0 Å². The van der Waals surface area contributed by atoms with E-state index >= 15 is 0 Å². The normalized spacial score (nSPS) is 12.9. The van der Waals surface area contributed by atoms with E-state index in [4.69, 9.17) is 0 Å². The summed E-state index contributed by atoms with van der Waals surface area (Å²) in [7, 11) is 0. The van der Waals surface area contributed by atoms with Crippen molar-refractivity contribution < 1.29 is 9.59 Å². The van der Waals surface area contributed by atoms with E-state index in [0.29, 0.717) is 12.0 Å². The lowest BCUT2D eigenvalue weighted by atomic mass is 10.0. The number of amides is 2. The van der Waals surface area contributed by atoms with Gasteiger partial charge in [0.15, 0.2) is 0 Å². The van der Waals surface area contributed by atoms with Gasteiger partial charge < -0.3 is 0 Å². The summed E-state index contributed by atoms with van der Waals surface area (Å²) < 4.78 is 0. The fourth-order valence-electron chi connectivity index (χ4n) is 1.56. The van der Waals surface area contributed by atoms with Crippen LogP contribution >= 0.6 is 0 Å². The molecule has 1 aromatic heterocycles. The molecule has 0 spiro atoms. The molecule has 1 aliphatic rings. The van der Waals surface area contributed by atoms with Crippen molar-refractivity contribution in [1.29, 1.82) is 0 Å². The second-order valence-corrected chi connectivity index (χ2v) is 3.62. The maximum atomic E-state index is 11.2. The topological polar surface area (TPSA) is 72.0 Å². The Labute approximate surface area is 104 Å². The van der Waals surface area contributed by atoms with Crippen LogP contribution in [0.5, 0.6) is 0 Å². The van der Waals surface area contributed by atoms with Crippen LogP contribution in [0.1, 0.15) is 15.9 Å². The molecule has 2 aromatic rings. The molecule has 1 aliphatic heterocycles. The minimum atomic E-state index is -0.290. The van der Waals surface area contributed by atoms with Gasteiger partial charge in [-0.15, -0.1) is 0 Å². The van der Waals surface area contributed by atoms with Gasteiger partial charge in [-0.05, 0) is 17.7 Å². The van der Waals surface area contributed by atoms with Gasteiger partial charge in [0.1, 0.15) is 6.33 Å². The molecule has 2 heterocycles. The number of hydrogen-bond donors (Lipinski definition) is 1. The zero-order chi connectivity index (χ0) is 12.8. The Bertz CT molecular complexity index is 528. The fourth-order valence-corrected chi connectivity index (χ4v) is 1.56. The second kappa shape index (κ2) is 5.67. The zero-order valence-corrected chi connectivity index (χ0v) is 9.54. The number of rotatable bonds is 0. The summed E-state index contributed by atoms with van der Waals surface area (Å²) in [5.74, 6) is -0.513. The summed E-state index contributed by atoms with van der Waals surface area (Å²) in [5.41, 5.74) is 1.42. The van der Waals surface area contributed by atoms with Crippen LogP contribution in [0.4, 0.5) is 0 Å². The van der Waals surface area contributed by atoms with E-state index in [2.05, 4.69) is 15.3 Å². The number of benzene rings is 1. The number of nitrogens with zero attached hydrogens (tertiary/aromatic N) is 2. The molecule has 0 radical (unpaired) electrons. The maximum Gasteiger partial charge on any atom is 0.258 e. The molecule has 1 aromatic carbocycles. The second-order valence-electron chi connectivity index (χ2n) is 3.62. The summed E-state index contributed by atoms with van der Waals surface area (Å²) in [6.45, 7) is 0. The highest BCUT2D eigenvalue weighted by atomic mass is 16.2. The Morgan fingerprint density at radius 2 is 1.72 bits per heavy atom. The van der Waals surface area contributed by atoms with E-state index in [-0.39, 0.29) is 11.8 Å². The number of carbonyl (C=O) groups excluding carboxylic acids is 2. The quantitative estimate of drug-likeness (QED) is 0.698. The molecular weight excluding hydrogens is 230 g/mol. The minimum absolute atomic E-state index is 0.223. The van der Waals surface area contributed by atoms with Crippen molar-refractivity contribution in [2.24, 2.45) is 0 Å². The summed E-state index contributed by atoms with van der Waals surface area (Å²) in [4.78, 5) is 29.4. The molecule has 0 bridgehead atoms. The van der Waals surface area contributed by atoms with Crippen LogP contribution in [0.2, 0.25) is 0 Å². The van der Waals surface area contributed by atoms with Crippen molar-refractivity contribution in [2.75, 3.05) is 0 Å². The standard InChI is InChI=1S/C9H7NO2.C4H4N2/c11-8-5-6-3-1-2-4-7(6)9(12)10-8;1-2-5-4-6-3-1/h1-4H,5H2,(H,10,11,12);1-4H. The molecule has 1 N–H and O–H groups in total. The summed E-state index contributed by atoms with van der Waals surface area (Å²) in [5, 5.41) is 2.26. The first-order chi connectivity index (χ1) is 8.77. The van der Waals surface area contributed by atoms with Gasteiger partial charge in [-0.25, -0.2) is 9.97 Å². The van der Waals surface area contributed by atoms with Crippen LogP contribution in [0.25, 0.3) is 0 Å². The van der Waals surface area contributed by atoms with Crippen LogP contribution in [0, 0.1) is 0 Å². The van der Waals surface area contributed by atoms with Crippen LogP contribution in [0.15, 0.2) is 49.1 Å². The highest BCUT2D eigenvalue weighted by molar-refractivity contribution is 6.09. The lowest BCUT2D eigenvalue weighted by Crippen LogP contribution is -2.37. The van der Waals surface area contributed by atoms with Crippen molar-refractivity contribution in [3.05, 3.63) is 60.2 Å². The number of imide groups is 1. The number of hydrogen-bond acceptors (Lipinski definition) is 4. The predicted molar refractivity (Wildman–Crippen MR) is 64.7 cm³/mol. The van der Waals surface area contributed by atoms with E-state index in [1.807, 2.05) is 6.07 Å². The molecule has 0 saturated heterocycles. The summed E-state index contributed by atoms with van der Waals surface area (Å²) in [6, 6.07) is 8.90. The first kappa shape index (κ1) is 11.9. The Balaban J connectivity index is 0.000000169. The molecule has 90 valence electrons. The van der Waals surface area contributed by atoms with Gasteiger partial charge in [0.05, 0.1) is 6.42 Å². The zero-order valence-electron chi connectivity index (χ0n) is 9.54. The first-order valence-electron chi connectivity index (χ1n) is 5.39. The Morgan fingerprint density at radius 3 is 2.33 bits per heavy atom. The average Bonchev–Trinajstić information content (AvgIpc) is 2.41. The fraction of sp³-hybridized carbons (Fsp3) is 0.0769. The van der Waals surface area contributed by atoms with Gasteiger partial charge in [-0.2, -0.15) is 0 Å². The molecule has 0 fully saturated rings. The molecule has 5 heteroatoms. The number of aromatic nitrogens is 2. The van der Waals surface area contributed by atoms with E-state index in [1.165, 1.54) is 6.33 Å².